The molecule has 0 fully saturated rings. The van der Waals surface area contributed by atoms with Gasteiger partial charge in [-0.05, 0) is 146 Å². The van der Waals surface area contributed by atoms with Crippen molar-refractivity contribution in [1.82, 2.24) is 4.57 Å². The third-order valence-electron chi connectivity index (χ3n) is 16.7. The molecule has 0 saturated heterocycles. The average molecular weight is 1000 g/mol. The van der Waals surface area contributed by atoms with Gasteiger partial charge in [-0.15, -0.1) is 11.3 Å². The first kappa shape index (κ1) is 43.6. The first-order valence-electron chi connectivity index (χ1n) is 26.4. The van der Waals surface area contributed by atoms with Crippen LogP contribution in [0.3, 0.4) is 0 Å². The van der Waals surface area contributed by atoms with E-state index >= 15 is 0 Å². The summed E-state index contributed by atoms with van der Waals surface area (Å²) < 4.78 is 11.3. The molecule has 1 aliphatic rings. The topological polar surface area (TPSA) is 45.1 Å². The maximum absolute atomic E-state index is 10.1. The Morgan fingerprint density at radius 2 is 1.22 bits per heavy atom. The Bertz CT molecular complexity index is 5030. The summed E-state index contributed by atoms with van der Waals surface area (Å²) in [6.45, 7) is 2.38. The van der Waals surface area contributed by atoms with E-state index in [1.165, 1.54) is 75.1 Å². The zero-order valence-electron chi connectivity index (χ0n) is 42.0. The molecule has 1 atom stereocenters. The number of rotatable bonds is 7. The molecule has 360 valence electrons. The van der Waals surface area contributed by atoms with Gasteiger partial charge in [-0.3, -0.25) is 0 Å². The fourth-order valence-electron chi connectivity index (χ4n) is 13.4. The standard InChI is InChI=1S/C72H45N3OS/c1-2-72(48-34-32-45-17-3-4-18-46(45)39-48)59-40-47(51-25-14-29-66-70(51)57-23-8-11-28-65(57)76-66)33-36-56(59)69-55-22-6-5-21-53(55)64(42-60(69)72)75(62-27-15-31-68-71(62)58-24-9-12-30-67(58)77-68)50-35-37-54-52-20-7-10-26-61(52)74(63(54)41-50)49-19-13-16-44(38-49)43-73/h3-42H,2H2,1H3. The van der Waals surface area contributed by atoms with Gasteiger partial charge in [-0.25, -0.2) is 0 Å². The fourth-order valence-corrected chi connectivity index (χ4v) is 14.5. The molecule has 0 spiro atoms. The lowest BCUT2D eigenvalue weighted by molar-refractivity contribution is 0.611. The zero-order valence-corrected chi connectivity index (χ0v) is 42.8. The Morgan fingerprint density at radius 3 is 2.10 bits per heavy atom. The molecule has 1 aliphatic carbocycles. The van der Waals surface area contributed by atoms with Crippen molar-refractivity contribution in [1.29, 1.82) is 5.26 Å². The van der Waals surface area contributed by atoms with Crippen LogP contribution in [0.4, 0.5) is 17.1 Å². The smallest absolute Gasteiger partial charge is 0.136 e. The van der Waals surface area contributed by atoms with E-state index in [0.717, 1.165) is 78.5 Å². The van der Waals surface area contributed by atoms with Crippen molar-refractivity contribution in [3.63, 3.8) is 0 Å². The molecule has 0 radical (unpaired) electrons. The SMILES string of the molecule is CCC1(c2ccc3ccccc3c2)c2cc(-c3cccc4oc5ccccc5c34)ccc2-c2c1cc(N(c1ccc3c4ccccc4n(-c4cccc(C#N)c4)c3c1)c1cccc3sc4ccccc4c13)c1ccccc21. The van der Waals surface area contributed by atoms with Crippen molar-refractivity contribution in [2.24, 2.45) is 0 Å². The summed E-state index contributed by atoms with van der Waals surface area (Å²) >= 11 is 1.85. The number of hydrogen-bond acceptors (Lipinski definition) is 4. The van der Waals surface area contributed by atoms with Gasteiger partial charge in [0.15, 0.2) is 0 Å². The average Bonchev–Trinajstić information content (AvgIpc) is 4.35. The second-order valence-electron chi connectivity index (χ2n) is 20.5. The minimum Gasteiger partial charge on any atom is -0.456 e. The van der Waals surface area contributed by atoms with Crippen LogP contribution in [0, 0.1) is 11.3 Å². The lowest BCUT2D eigenvalue weighted by atomic mass is 9.69. The second kappa shape index (κ2) is 16.6. The summed E-state index contributed by atoms with van der Waals surface area (Å²) in [5, 5.41) is 22.0. The normalized spacial score (nSPS) is 14.1. The van der Waals surface area contributed by atoms with E-state index in [1.54, 1.807) is 0 Å². The third-order valence-corrected chi connectivity index (χ3v) is 17.9. The number of nitrogens with zero attached hydrogens (tertiary/aromatic N) is 3. The van der Waals surface area contributed by atoms with Crippen molar-refractivity contribution in [2.45, 2.75) is 18.8 Å². The molecule has 12 aromatic carbocycles. The van der Waals surface area contributed by atoms with Gasteiger partial charge in [0.1, 0.15) is 11.2 Å². The molecule has 3 aromatic heterocycles. The van der Waals surface area contributed by atoms with E-state index in [1.807, 2.05) is 35.6 Å². The number of nitriles is 1. The third kappa shape index (κ3) is 6.25. The van der Waals surface area contributed by atoms with Crippen LogP contribution in [0.15, 0.2) is 247 Å². The van der Waals surface area contributed by atoms with Crippen molar-refractivity contribution >= 4 is 114 Å². The van der Waals surface area contributed by atoms with Crippen LogP contribution in [0.2, 0.25) is 0 Å². The van der Waals surface area contributed by atoms with E-state index in [9.17, 15) is 5.26 Å². The molecule has 5 heteroatoms. The van der Waals surface area contributed by atoms with Crippen molar-refractivity contribution in [2.75, 3.05) is 4.90 Å². The Morgan fingerprint density at radius 1 is 0.494 bits per heavy atom. The highest BCUT2D eigenvalue weighted by molar-refractivity contribution is 7.26. The number of benzene rings is 12. The second-order valence-corrected chi connectivity index (χ2v) is 21.6. The Labute approximate surface area is 448 Å². The summed E-state index contributed by atoms with van der Waals surface area (Å²) in [5.41, 5.74) is 17.0. The van der Waals surface area contributed by atoms with E-state index in [0.29, 0.717) is 5.56 Å². The van der Waals surface area contributed by atoms with Crippen LogP contribution < -0.4 is 4.90 Å². The quantitative estimate of drug-likeness (QED) is 0.160. The van der Waals surface area contributed by atoms with Crippen molar-refractivity contribution in [3.05, 3.63) is 265 Å². The van der Waals surface area contributed by atoms with Crippen LogP contribution in [0.5, 0.6) is 0 Å². The van der Waals surface area contributed by atoms with Crippen LogP contribution in [-0.4, -0.2) is 4.57 Å². The maximum atomic E-state index is 10.1. The lowest BCUT2D eigenvalue weighted by Gasteiger charge is -2.34. The molecule has 0 bridgehead atoms. The highest BCUT2D eigenvalue weighted by atomic mass is 32.1. The van der Waals surface area contributed by atoms with Crippen LogP contribution >= 0.6 is 11.3 Å². The Kier molecular flexibility index (Phi) is 9.43. The molecular formula is C72H45N3OS. The van der Waals surface area contributed by atoms with Gasteiger partial charge in [0.25, 0.3) is 0 Å². The molecule has 16 rings (SSSR count). The monoisotopic (exact) mass is 999 g/mol. The zero-order chi connectivity index (χ0) is 50.9. The van der Waals surface area contributed by atoms with Gasteiger partial charge in [-0.1, -0.05) is 165 Å². The number of fused-ring (bicyclic) bond motifs is 15. The molecular weight excluding hydrogens is 955 g/mol. The number of furan rings is 1. The predicted molar refractivity (Wildman–Crippen MR) is 323 cm³/mol. The molecule has 0 amide bonds. The van der Waals surface area contributed by atoms with Gasteiger partial charge < -0.3 is 13.9 Å². The van der Waals surface area contributed by atoms with Crippen LogP contribution in [-0.2, 0) is 5.41 Å². The van der Waals surface area contributed by atoms with Crippen LogP contribution in [0.1, 0.15) is 35.6 Å². The van der Waals surface area contributed by atoms with Crippen molar-refractivity contribution in [3.8, 4) is 34.0 Å². The summed E-state index contributed by atoms with van der Waals surface area (Å²) in [5.74, 6) is 0. The lowest BCUT2D eigenvalue weighted by Crippen LogP contribution is -2.26. The van der Waals surface area contributed by atoms with E-state index in [2.05, 4.69) is 241 Å². The van der Waals surface area contributed by atoms with Gasteiger partial charge in [0, 0.05) is 63.9 Å². The molecule has 77 heavy (non-hydrogen) atoms. The summed E-state index contributed by atoms with van der Waals surface area (Å²) in [7, 11) is 0. The number of hydrogen-bond donors (Lipinski definition) is 0. The number of aromatic nitrogens is 1. The summed E-state index contributed by atoms with van der Waals surface area (Å²) in [4.78, 5) is 2.55. The molecule has 0 N–H and O–H groups in total. The molecule has 0 aliphatic heterocycles. The molecule has 0 saturated carbocycles. The Balaban J connectivity index is 1.02. The summed E-state index contributed by atoms with van der Waals surface area (Å²) in [6.07, 6.45) is 0.823. The predicted octanol–water partition coefficient (Wildman–Crippen LogP) is 20.1. The molecule has 1 unspecified atom stereocenters. The van der Waals surface area contributed by atoms with E-state index < -0.39 is 5.41 Å². The first-order valence-corrected chi connectivity index (χ1v) is 27.2. The number of para-hydroxylation sites is 2. The highest BCUT2D eigenvalue weighted by Gasteiger charge is 2.45. The van der Waals surface area contributed by atoms with E-state index in [-0.39, 0.29) is 0 Å². The fraction of sp³-hybridized carbons (Fsp3) is 0.0417. The maximum Gasteiger partial charge on any atom is 0.136 e. The number of thiophene rings is 1. The number of anilines is 3. The first-order chi connectivity index (χ1) is 38.1. The largest absolute Gasteiger partial charge is 0.456 e. The van der Waals surface area contributed by atoms with Gasteiger partial charge in [0.05, 0.1) is 34.0 Å². The molecule has 4 nitrogen and oxygen atoms in total. The minimum absolute atomic E-state index is 0.551. The molecule has 15 aromatic rings. The van der Waals surface area contributed by atoms with E-state index in [4.69, 9.17) is 4.42 Å². The van der Waals surface area contributed by atoms with Gasteiger partial charge in [0.2, 0.25) is 0 Å². The van der Waals surface area contributed by atoms with Crippen molar-refractivity contribution < 1.29 is 4.42 Å². The molecule has 3 heterocycles. The van der Waals surface area contributed by atoms with Crippen LogP contribution in [0.25, 0.3) is 113 Å². The Hall–Kier alpha value is -9.73. The summed E-state index contributed by atoms with van der Waals surface area (Å²) in [6, 6.07) is 91.4. The highest BCUT2D eigenvalue weighted by Crippen LogP contribution is 2.60. The van der Waals surface area contributed by atoms with Gasteiger partial charge in [-0.2, -0.15) is 5.26 Å². The minimum atomic E-state index is -0.551. The van der Waals surface area contributed by atoms with Gasteiger partial charge >= 0.3 is 0 Å².